The maximum Gasteiger partial charge on any atom is 0.186 e. The summed E-state index contributed by atoms with van der Waals surface area (Å²) in [5, 5.41) is 40.1. The molecule has 0 aliphatic carbocycles. The van der Waals surface area contributed by atoms with Gasteiger partial charge >= 0.3 is 0 Å². The van der Waals surface area contributed by atoms with E-state index < -0.39 is 43.2 Å². The summed E-state index contributed by atoms with van der Waals surface area (Å²) in [6.07, 6.45) is 26.1. The summed E-state index contributed by atoms with van der Waals surface area (Å²) in [5.74, 6) is -0.630. The lowest BCUT2D eigenvalue weighted by Gasteiger charge is -2.39. The Labute approximate surface area is 300 Å². The van der Waals surface area contributed by atoms with E-state index in [9.17, 15) is 30.0 Å². The molecule has 1 saturated heterocycles. The number of carbonyl (C=O) groups is 2. The maximum absolute atomic E-state index is 13.3. The molecule has 0 saturated carbocycles. The van der Waals surface area contributed by atoms with E-state index in [1.54, 1.807) is 0 Å². The zero-order valence-electron chi connectivity index (χ0n) is 31.8. The molecule has 0 spiro atoms. The summed E-state index contributed by atoms with van der Waals surface area (Å²) >= 11 is 0. The molecular weight excluding hydrogens is 620 g/mol. The van der Waals surface area contributed by atoms with Crippen LogP contribution in [-0.2, 0) is 19.1 Å². The molecule has 1 rings (SSSR count). The van der Waals surface area contributed by atoms with E-state index in [0.717, 1.165) is 38.5 Å². The maximum atomic E-state index is 13.3. The van der Waals surface area contributed by atoms with Crippen LogP contribution < -0.4 is 0 Å². The SMILES string of the molecule is CCCCCCCCCCCCCCCC(=O)C[C@H](CO[C@@H]1O[C@H](CO)[C@H](O)[C@H](O)[C@H]1O)C(=O)CCCCCCCCCCCCCCC. The van der Waals surface area contributed by atoms with Crippen molar-refractivity contribution in [3.05, 3.63) is 0 Å². The number of rotatable bonds is 35. The van der Waals surface area contributed by atoms with Gasteiger partial charge in [0.1, 0.15) is 36.0 Å². The van der Waals surface area contributed by atoms with Crippen molar-refractivity contribution in [3.8, 4) is 0 Å². The van der Waals surface area contributed by atoms with Crippen LogP contribution >= 0.6 is 0 Å². The summed E-state index contributed by atoms with van der Waals surface area (Å²) < 4.78 is 11.2. The normalized spacial score (nSPS) is 21.6. The zero-order chi connectivity index (χ0) is 36.0. The molecule has 0 aromatic heterocycles. The second-order valence-electron chi connectivity index (χ2n) is 14.9. The number of aliphatic hydroxyl groups is 4. The molecule has 0 aromatic rings. The molecule has 0 amide bonds. The second kappa shape index (κ2) is 31.8. The lowest BCUT2D eigenvalue weighted by molar-refractivity contribution is -0.302. The number of ketones is 2. The molecule has 8 heteroatoms. The van der Waals surface area contributed by atoms with Crippen molar-refractivity contribution in [3.63, 3.8) is 0 Å². The van der Waals surface area contributed by atoms with Gasteiger partial charge < -0.3 is 29.9 Å². The van der Waals surface area contributed by atoms with Gasteiger partial charge in [-0.25, -0.2) is 0 Å². The molecular formula is C41H78O8. The number of aliphatic hydroxyl groups excluding tert-OH is 4. The third-order valence-electron chi connectivity index (χ3n) is 10.3. The Morgan fingerprint density at radius 2 is 0.939 bits per heavy atom. The average molecular weight is 699 g/mol. The monoisotopic (exact) mass is 699 g/mol. The van der Waals surface area contributed by atoms with E-state index in [4.69, 9.17) is 9.47 Å². The quantitative estimate of drug-likeness (QED) is 0.0483. The van der Waals surface area contributed by atoms with Crippen molar-refractivity contribution in [2.45, 2.75) is 231 Å². The predicted octanol–water partition coefficient (Wildman–Crippen LogP) is 8.91. The minimum atomic E-state index is -1.55. The summed E-state index contributed by atoms with van der Waals surface area (Å²) in [6.45, 7) is 3.83. The third kappa shape index (κ3) is 23.3. The molecule has 49 heavy (non-hydrogen) atoms. The molecule has 1 fully saturated rings. The molecule has 290 valence electrons. The Morgan fingerprint density at radius 1 is 0.551 bits per heavy atom. The van der Waals surface area contributed by atoms with Crippen LogP contribution in [0.5, 0.6) is 0 Å². The van der Waals surface area contributed by atoms with E-state index in [2.05, 4.69) is 13.8 Å². The van der Waals surface area contributed by atoms with Crippen molar-refractivity contribution < 1.29 is 39.5 Å². The molecule has 1 aliphatic heterocycles. The smallest absolute Gasteiger partial charge is 0.186 e. The fourth-order valence-electron chi connectivity index (χ4n) is 6.92. The van der Waals surface area contributed by atoms with E-state index in [1.807, 2.05) is 0 Å². The van der Waals surface area contributed by atoms with Crippen LogP contribution in [0.4, 0.5) is 0 Å². The molecule has 0 unspecified atom stereocenters. The number of unbranched alkanes of at least 4 members (excludes halogenated alkanes) is 24. The van der Waals surface area contributed by atoms with E-state index in [-0.39, 0.29) is 24.6 Å². The number of hydrogen-bond acceptors (Lipinski definition) is 8. The highest BCUT2D eigenvalue weighted by atomic mass is 16.7. The van der Waals surface area contributed by atoms with Gasteiger partial charge in [-0.1, -0.05) is 168 Å². The number of Topliss-reactive ketones (excluding diaryl/α,β-unsaturated/α-hetero) is 2. The third-order valence-corrected chi connectivity index (χ3v) is 10.3. The minimum Gasteiger partial charge on any atom is -0.394 e. The van der Waals surface area contributed by atoms with Gasteiger partial charge in [0.05, 0.1) is 13.2 Å². The molecule has 1 aliphatic rings. The topological polar surface area (TPSA) is 134 Å². The lowest BCUT2D eigenvalue weighted by Crippen LogP contribution is -2.59. The molecule has 6 atom stereocenters. The Kier molecular flexibility index (Phi) is 29.9. The van der Waals surface area contributed by atoms with Crippen molar-refractivity contribution in [1.29, 1.82) is 0 Å². The van der Waals surface area contributed by atoms with Crippen LogP contribution in [0.25, 0.3) is 0 Å². The van der Waals surface area contributed by atoms with E-state index >= 15 is 0 Å². The van der Waals surface area contributed by atoms with Crippen molar-refractivity contribution in [1.82, 2.24) is 0 Å². The number of hydrogen-bond donors (Lipinski definition) is 4. The van der Waals surface area contributed by atoms with Crippen molar-refractivity contribution in [2.24, 2.45) is 5.92 Å². The minimum absolute atomic E-state index is 0.0219. The standard InChI is InChI=1S/C41H78O8/c1-3-5-7-9-11-13-15-17-19-21-23-25-27-29-35(43)31-34(33-48-41-40(47)39(46)38(45)37(32-42)49-41)36(44)30-28-26-24-22-20-18-16-14-12-10-8-6-4-2/h34,37-42,45-47H,3-33H2,1-2H3/t34-,37-,38+,39+,40-,41-/m1/s1. The Balaban J connectivity index is 2.39. The summed E-state index contributed by atoms with van der Waals surface area (Å²) in [5.41, 5.74) is 0. The largest absolute Gasteiger partial charge is 0.394 e. The Hall–Kier alpha value is -0.900. The first kappa shape index (κ1) is 46.1. The van der Waals surface area contributed by atoms with E-state index in [1.165, 1.54) is 128 Å². The van der Waals surface area contributed by atoms with Crippen molar-refractivity contribution >= 4 is 11.6 Å². The highest BCUT2D eigenvalue weighted by Crippen LogP contribution is 2.24. The van der Waals surface area contributed by atoms with Gasteiger partial charge in [-0.3, -0.25) is 9.59 Å². The summed E-state index contributed by atoms with van der Waals surface area (Å²) in [7, 11) is 0. The van der Waals surface area contributed by atoms with Gasteiger partial charge in [-0.05, 0) is 12.8 Å². The molecule has 1 heterocycles. The fraction of sp³-hybridized carbons (Fsp3) is 0.951. The number of carbonyl (C=O) groups excluding carboxylic acids is 2. The Morgan fingerprint density at radius 3 is 1.35 bits per heavy atom. The first-order valence-electron chi connectivity index (χ1n) is 20.8. The molecule has 0 radical (unpaired) electrons. The molecule has 8 nitrogen and oxygen atoms in total. The first-order valence-corrected chi connectivity index (χ1v) is 20.8. The molecule has 0 bridgehead atoms. The van der Waals surface area contributed by atoms with Gasteiger partial charge in [0.15, 0.2) is 6.29 Å². The fourth-order valence-corrected chi connectivity index (χ4v) is 6.92. The van der Waals surface area contributed by atoms with Crippen LogP contribution in [0.15, 0.2) is 0 Å². The average Bonchev–Trinajstić information content (AvgIpc) is 3.10. The Bertz CT molecular complexity index is 775. The van der Waals surface area contributed by atoms with Gasteiger partial charge in [0.25, 0.3) is 0 Å². The highest BCUT2D eigenvalue weighted by molar-refractivity contribution is 5.88. The zero-order valence-corrected chi connectivity index (χ0v) is 31.8. The van der Waals surface area contributed by atoms with Gasteiger partial charge in [-0.15, -0.1) is 0 Å². The van der Waals surface area contributed by atoms with Crippen LogP contribution in [0.1, 0.15) is 200 Å². The second-order valence-corrected chi connectivity index (χ2v) is 14.9. The number of ether oxygens (including phenoxy) is 2. The van der Waals surface area contributed by atoms with Gasteiger partial charge in [0, 0.05) is 25.2 Å². The van der Waals surface area contributed by atoms with Gasteiger partial charge in [0.2, 0.25) is 0 Å². The molecule has 4 N–H and O–H groups in total. The van der Waals surface area contributed by atoms with Crippen molar-refractivity contribution in [2.75, 3.05) is 13.2 Å². The van der Waals surface area contributed by atoms with Crippen LogP contribution in [0.2, 0.25) is 0 Å². The van der Waals surface area contributed by atoms with Gasteiger partial charge in [-0.2, -0.15) is 0 Å². The van der Waals surface area contributed by atoms with E-state index in [0.29, 0.717) is 12.8 Å². The van der Waals surface area contributed by atoms with Crippen LogP contribution in [0, 0.1) is 5.92 Å². The summed E-state index contributed by atoms with van der Waals surface area (Å²) in [4.78, 5) is 26.3. The first-order chi connectivity index (χ1) is 23.8. The predicted molar refractivity (Wildman–Crippen MR) is 198 cm³/mol. The molecule has 0 aromatic carbocycles. The van der Waals surface area contributed by atoms with Crippen LogP contribution in [-0.4, -0.2) is 75.9 Å². The lowest BCUT2D eigenvalue weighted by atomic mass is 9.92. The van der Waals surface area contributed by atoms with Crippen LogP contribution in [0.3, 0.4) is 0 Å². The highest BCUT2D eigenvalue weighted by Gasteiger charge is 2.44. The summed E-state index contributed by atoms with van der Waals surface area (Å²) in [6, 6.07) is 0.